The lowest BCUT2D eigenvalue weighted by Crippen LogP contribution is -2.28. The molecule has 0 bridgehead atoms. The summed E-state index contributed by atoms with van der Waals surface area (Å²) in [6, 6.07) is 15.8. The molecule has 9 heteroatoms. The van der Waals surface area contributed by atoms with Gasteiger partial charge in [0.05, 0.1) is 17.9 Å². The van der Waals surface area contributed by atoms with Crippen molar-refractivity contribution < 1.29 is 22.7 Å². The first kappa shape index (κ1) is 19.6. The van der Waals surface area contributed by atoms with Gasteiger partial charge in [-0.1, -0.05) is 42.5 Å². The minimum Gasteiger partial charge on any atom is -0.456 e. The zero-order chi connectivity index (χ0) is 20.0. The first-order chi connectivity index (χ1) is 13.5. The second-order valence-electron chi connectivity index (χ2n) is 6.00. The molecule has 0 radical (unpaired) electrons. The third-order valence-electron chi connectivity index (χ3n) is 3.95. The Kier molecular flexibility index (Phi) is 6.05. The maximum Gasteiger partial charge on any atom is 0.308 e. The van der Waals surface area contributed by atoms with E-state index in [1.165, 1.54) is 6.07 Å². The molecule has 0 fully saturated rings. The number of hydrogen-bond acceptors (Lipinski definition) is 6. The van der Waals surface area contributed by atoms with Gasteiger partial charge in [-0.2, -0.15) is 0 Å². The number of aliphatic imine (C=N–C) groups is 1. The number of benzene rings is 2. The number of fused-ring (bicyclic) bond motifs is 1. The molecule has 3 rings (SSSR count). The van der Waals surface area contributed by atoms with Gasteiger partial charge in [0.1, 0.15) is 5.84 Å². The molecule has 2 N–H and O–H groups in total. The van der Waals surface area contributed by atoms with E-state index in [4.69, 9.17) is 4.74 Å². The van der Waals surface area contributed by atoms with Gasteiger partial charge in [0.2, 0.25) is 0 Å². The molecule has 2 aromatic rings. The molecule has 28 heavy (non-hydrogen) atoms. The molecule has 1 heterocycles. The zero-order valence-corrected chi connectivity index (χ0v) is 15.7. The highest BCUT2D eigenvalue weighted by molar-refractivity contribution is 7.90. The van der Waals surface area contributed by atoms with Crippen LogP contribution in [0.5, 0.6) is 0 Å². The van der Waals surface area contributed by atoms with Crippen molar-refractivity contribution >= 4 is 27.7 Å². The second kappa shape index (κ2) is 8.66. The van der Waals surface area contributed by atoms with E-state index in [0.717, 1.165) is 5.56 Å². The second-order valence-corrected chi connectivity index (χ2v) is 7.66. The van der Waals surface area contributed by atoms with E-state index in [2.05, 4.69) is 15.0 Å². The van der Waals surface area contributed by atoms with Crippen molar-refractivity contribution in [2.75, 3.05) is 13.2 Å². The number of esters is 1. The van der Waals surface area contributed by atoms with Crippen LogP contribution in [-0.2, 0) is 30.9 Å². The van der Waals surface area contributed by atoms with Crippen LogP contribution in [0.25, 0.3) is 0 Å². The molecule has 0 saturated heterocycles. The van der Waals surface area contributed by atoms with E-state index < -0.39 is 21.9 Å². The summed E-state index contributed by atoms with van der Waals surface area (Å²) in [4.78, 5) is 27.8. The van der Waals surface area contributed by atoms with Crippen molar-refractivity contribution in [3.8, 4) is 0 Å². The number of nitrogens with zero attached hydrogens (tertiary/aromatic N) is 1. The average Bonchev–Trinajstić information content (AvgIpc) is 2.96. The quantitative estimate of drug-likeness (QED) is 0.671. The van der Waals surface area contributed by atoms with Gasteiger partial charge in [-0.3, -0.25) is 19.3 Å². The van der Waals surface area contributed by atoms with Gasteiger partial charge in [-0.15, -0.1) is 0 Å². The Morgan fingerprint density at radius 2 is 1.75 bits per heavy atom. The standard InChI is InChI=1S/C19H19N3O5S/c23-17(21-12-14-6-2-1-3-7-14)13-27-18(24)10-11-20-19-15-8-4-5-9-16(15)28(25,26)22-19/h1-9H,10-13H2,(H,20,22)(H,21,23). The van der Waals surface area contributed by atoms with Gasteiger partial charge in [0.15, 0.2) is 6.61 Å². The number of carbonyl (C=O) groups excluding carboxylic acids is 2. The minimum atomic E-state index is -3.61. The van der Waals surface area contributed by atoms with Gasteiger partial charge < -0.3 is 10.1 Å². The Morgan fingerprint density at radius 3 is 2.54 bits per heavy atom. The van der Waals surface area contributed by atoms with E-state index in [-0.39, 0.29) is 30.3 Å². The molecule has 2 aromatic carbocycles. The number of ether oxygens (including phenoxy) is 1. The number of sulfonamides is 1. The van der Waals surface area contributed by atoms with E-state index in [9.17, 15) is 18.0 Å². The van der Waals surface area contributed by atoms with E-state index in [0.29, 0.717) is 12.1 Å². The first-order valence-corrected chi connectivity index (χ1v) is 10.1. The van der Waals surface area contributed by atoms with Crippen LogP contribution >= 0.6 is 0 Å². The fourth-order valence-electron chi connectivity index (χ4n) is 2.58. The average molecular weight is 401 g/mol. The van der Waals surface area contributed by atoms with Crippen LogP contribution in [0, 0.1) is 0 Å². The minimum absolute atomic E-state index is 0.0383. The summed E-state index contributed by atoms with van der Waals surface area (Å²) in [5, 5.41) is 2.65. The maximum absolute atomic E-state index is 12.0. The van der Waals surface area contributed by atoms with Crippen molar-refractivity contribution in [1.82, 2.24) is 10.0 Å². The lowest BCUT2D eigenvalue weighted by atomic mass is 10.2. The van der Waals surface area contributed by atoms with Crippen molar-refractivity contribution in [1.29, 1.82) is 0 Å². The number of hydrogen-bond donors (Lipinski definition) is 2. The Labute approximate surface area is 162 Å². The van der Waals surface area contributed by atoms with Crippen molar-refractivity contribution in [2.24, 2.45) is 4.99 Å². The summed E-state index contributed by atoms with van der Waals surface area (Å²) in [6.07, 6.45) is -0.0701. The Hall–Kier alpha value is -3.20. The number of nitrogens with one attached hydrogen (secondary N) is 2. The maximum atomic E-state index is 12.0. The van der Waals surface area contributed by atoms with Crippen molar-refractivity contribution in [2.45, 2.75) is 17.9 Å². The van der Waals surface area contributed by atoms with Crippen LogP contribution in [0.2, 0.25) is 0 Å². The van der Waals surface area contributed by atoms with Crippen LogP contribution in [0.3, 0.4) is 0 Å². The molecule has 1 aliphatic rings. The molecule has 1 amide bonds. The van der Waals surface area contributed by atoms with Crippen molar-refractivity contribution in [3.05, 3.63) is 65.7 Å². The molecule has 0 spiro atoms. The first-order valence-electron chi connectivity index (χ1n) is 8.58. The Balaban J connectivity index is 1.43. The topological polar surface area (TPSA) is 114 Å². The highest BCUT2D eigenvalue weighted by Gasteiger charge is 2.29. The number of carbonyl (C=O) groups is 2. The monoisotopic (exact) mass is 401 g/mol. The largest absolute Gasteiger partial charge is 0.456 e. The molecular weight excluding hydrogens is 382 g/mol. The number of amidine groups is 1. The van der Waals surface area contributed by atoms with E-state index in [1.54, 1.807) is 18.2 Å². The third kappa shape index (κ3) is 4.95. The highest BCUT2D eigenvalue weighted by Crippen LogP contribution is 2.22. The highest BCUT2D eigenvalue weighted by atomic mass is 32.2. The van der Waals surface area contributed by atoms with Crippen LogP contribution < -0.4 is 10.0 Å². The van der Waals surface area contributed by atoms with E-state index >= 15 is 0 Å². The van der Waals surface area contributed by atoms with Gasteiger partial charge in [0, 0.05) is 12.1 Å². The fourth-order valence-corrected chi connectivity index (χ4v) is 3.83. The van der Waals surface area contributed by atoms with Crippen molar-refractivity contribution in [3.63, 3.8) is 0 Å². The predicted molar refractivity (Wildman–Crippen MR) is 102 cm³/mol. The lowest BCUT2D eigenvalue weighted by molar-refractivity contribution is -0.148. The van der Waals surface area contributed by atoms with Crippen LogP contribution in [0.1, 0.15) is 17.5 Å². The predicted octanol–water partition coefficient (Wildman–Crippen LogP) is 0.975. The molecule has 0 atom stereocenters. The van der Waals surface area contributed by atoms with Crippen LogP contribution in [-0.4, -0.2) is 39.3 Å². The molecule has 0 aromatic heterocycles. The third-order valence-corrected chi connectivity index (χ3v) is 5.34. The van der Waals surface area contributed by atoms with Crippen LogP contribution in [0.4, 0.5) is 0 Å². The molecule has 146 valence electrons. The molecule has 0 aliphatic carbocycles. The summed E-state index contributed by atoms with van der Waals surface area (Å²) in [5.41, 5.74) is 1.41. The summed E-state index contributed by atoms with van der Waals surface area (Å²) in [5.74, 6) is -0.793. The van der Waals surface area contributed by atoms with E-state index in [1.807, 2.05) is 30.3 Å². The molecule has 0 saturated carbocycles. The number of amides is 1. The van der Waals surface area contributed by atoms with Gasteiger partial charge in [-0.05, 0) is 17.7 Å². The lowest BCUT2D eigenvalue weighted by Gasteiger charge is -2.06. The fraction of sp³-hybridized carbons (Fsp3) is 0.211. The summed E-state index contributed by atoms with van der Waals surface area (Å²) in [7, 11) is -3.61. The normalized spacial score (nSPS) is 15.5. The smallest absolute Gasteiger partial charge is 0.308 e. The molecule has 1 aliphatic heterocycles. The molecule has 0 unspecified atom stereocenters. The summed E-state index contributed by atoms with van der Waals surface area (Å²) < 4.78 is 31.2. The Morgan fingerprint density at radius 1 is 1.04 bits per heavy atom. The summed E-state index contributed by atoms with van der Waals surface area (Å²) >= 11 is 0. The van der Waals surface area contributed by atoms with Crippen LogP contribution in [0.15, 0.2) is 64.5 Å². The molecular formula is C19H19N3O5S. The summed E-state index contributed by atoms with van der Waals surface area (Å²) in [6.45, 7) is 0.0127. The number of rotatable bonds is 7. The van der Waals surface area contributed by atoms with Gasteiger partial charge >= 0.3 is 5.97 Å². The van der Waals surface area contributed by atoms with Gasteiger partial charge in [-0.25, -0.2) is 8.42 Å². The zero-order valence-electron chi connectivity index (χ0n) is 14.9. The SMILES string of the molecule is O=C(COC(=O)CCN=C1NS(=O)(=O)c2ccccc21)NCc1ccccc1. The Bertz CT molecular complexity index is 1000. The van der Waals surface area contributed by atoms with Gasteiger partial charge in [0.25, 0.3) is 15.9 Å². The molecule has 8 nitrogen and oxygen atoms in total.